The van der Waals surface area contributed by atoms with Gasteiger partial charge in [-0.1, -0.05) is 11.6 Å². The molecule has 0 aliphatic rings. The number of halogens is 2. The highest BCUT2D eigenvalue weighted by Crippen LogP contribution is 2.17. The quantitative estimate of drug-likeness (QED) is 0.864. The maximum absolute atomic E-state index is 5.84. The molecule has 0 unspecified atom stereocenters. The SMILES string of the molecule is Cl.NCc1cc(Cl)ccc1-n1cnnn1. The van der Waals surface area contributed by atoms with E-state index >= 15 is 0 Å². The average molecular weight is 246 g/mol. The zero-order chi connectivity index (χ0) is 9.97. The number of nitrogens with two attached hydrogens (primary N) is 1. The number of nitrogens with zero attached hydrogens (tertiary/aromatic N) is 4. The zero-order valence-corrected chi connectivity index (χ0v) is 9.24. The van der Waals surface area contributed by atoms with Gasteiger partial charge < -0.3 is 5.73 Å². The third-order valence-electron chi connectivity index (χ3n) is 1.86. The number of hydrogen-bond donors (Lipinski definition) is 1. The third-order valence-corrected chi connectivity index (χ3v) is 2.09. The minimum Gasteiger partial charge on any atom is -0.326 e. The average Bonchev–Trinajstić information content (AvgIpc) is 2.70. The topological polar surface area (TPSA) is 69.6 Å². The van der Waals surface area contributed by atoms with Crippen LogP contribution in [0, 0.1) is 0 Å². The maximum Gasteiger partial charge on any atom is 0.143 e. The van der Waals surface area contributed by atoms with Crippen LogP contribution in [0.1, 0.15) is 5.56 Å². The molecule has 2 aromatic rings. The van der Waals surface area contributed by atoms with Gasteiger partial charge in [-0.25, -0.2) is 4.68 Å². The maximum atomic E-state index is 5.84. The van der Waals surface area contributed by atoms with E-state index < -0.39 is 0 Å². The number of tetrazole rings is 1. The molecule has 2 N–H and O–H groups in total. The summed E-state index contributed by atoms with van der Waals surface area (Å²) in [6, 6.07) is 5.41. The van der Waals surface area contributed by atoms with Crippen molar-refractivity contribution in [1.29, 1.82) is 0 Å². The van der Waals surface area contributed by atoms with Gasteiger partial charge in [0.2, 0.25) is 0 Å². The summed E-state index contributed by atoms with van der Waals surface area (Å²) in [5.74, 6) is 0. The summed E-state index contributed by atoms with van der Waals surface area (Å²) in [6.07, 6.45) is 1.52. The molecule has 5 nitrogen and oxygen atoms in total. The molecule has 0 saturated carbocycles. The predicted molar refractivity (Wildman–Crippen MR) is 59.3 cm³/mol. The van der Waals surface area contributed by atoms with Crippen LogP contribution in [0.15, 0.2) is 24.5 Å². The van der Waals surface area contributed by atoms with Crippen LogP contribution in [0.25, 0.3) is 5.69 Å². The lowest BCUT2D eigenvalue weighted by atomic mass is 10.2. The van der Waals surface area contributed by atoms with Gasteiger partial charge in [-0.05, 0) is 34.2 Å². The minimum absolute atomic E-state index is 0. The second kappa shape index (κ2) is 5.06. The van der Waals surface area contributed by atoms with Crippen LogP contribution >= 0.6 is 24.0 Å². The molecule has 1 heterocycles. The summed E-state index contributed by atoms with van der Waals surface area (Å²) in [5, 5.41) is 11.5. The van der Waals surface area contributed by atoms with Crippen molar-refractivity contribution < 1.29 is 0 Å². The van der Waals surface area contributed by atoms with Crippen molar-refractivity contribution in [3.8, 4) is 5.69 Å². The molecule has 0 aliphatic heterocycles. The number of hydrogen-bond acceptors (Lipinski definition) is 4. The molecule has 0 saturated heterocycles. The second-order valence-corrected chi connectivity index (χ2v) is 3.17. The fourth-order valence-electron chi connectivity index (χ4n) is 1.21. The van der Waals surface area contributed by atoms with Gasteiger partial charge in [0.15, 0.2) is 0 Å². The van der Waals surface area contributed by atoms with Crippen molar-refractivity contribution in [2.24, 2.45) is 5.73 Å². The lowest BCUT2D eigenvalue weighted by molar-refractivity contribution is 0.780. The molecule has 15 heavy (non-hydrogen) atoms. The van der Waals surface area contributed by atoms with E-state index in [9.17, 15) is 0 Å². The number of aromatic nitrogens is 4. The van der Waals surface area contributed by atoms with E-state index in [1.165, 1.54) is 6.33 Å². The minimum atomic E-state index is 0. The van der Waals surface area contributed by atoms with Crippen LogP contribution < -0.4 is 5.73 Å². The third kappa shape index (κ3) is 2.44. The molecule has 0 atom stereocenters. The highest BCUT2D eigenvalue weighted by atomic mass is 35.5. The molecule has 1 aromatic heterocycles. The Labute approximate surface area is 97.6 Å². The molecule has 0 bridgehead atoms. The molecule has 0 aliphatic carbocycles. The van der Waals surface area contributed by atoms with Gasteiger partial charge in [0.1, 0.15) is 6.33 Å². The van der Waals surface area contributed by atoms with E-state index in [2.05, 4.69) is 15.5 Å². The molecule has 1 aromatic carbocycles. The molecule has 0 amide bonds. The molecule has 0 radical (unpaired) electrons. The van der Waals surface area contributed by atoms with Gasteiger partial charge in [-0.2, -0.15) is 0 Å². The van der Waals surface area contributed by atoms with Crippen molar-refractivity contribution in [3.05, 3.63) is 35.1 Å². The number of benzene rings is 1. The molecule has 0 fully saturated rings. The fraction of sp³-hybridized carbons (Fsp3) is 0.125. The molecular weight excluding hydrogens is 237 g/mol. The smallest absolute Gasteiger partial charge is 0.143 e. The predicted octanol–water partition coefficient (Wildman–Crippen LogP) is 1.20. The van der Waals surface area contributed by atoms with Crippen molar-refractivity contribution in [1.82, 2.24) is 20.2 Å². The van der Waals surface area contributed by atoms with Crippen molar-refractivity contribution >= 4 is 24.0 Å². The van der Waals surface area contributed by atoms with Crippen LogP contribution in [0.3, 0.4) is 0 Å². The van der Waals surface area contributed by atoms with Gasteiger partial charge in [0.05, 0.1) is 5.69 Å². The monoisotopic (exact) mass is 245 g/mol. The van der Waals surface area contributed by atoms with E-state index in [1.54, 1.807) is 16.8 Å². The van der Waals surface area contributed by atoms with E-state index in [0.717, 1.165) is 11.3 Å². The van der Waals surface area contributed by atoms with Crippen LogP contribution in [-0.2, 0) is 6.54 Å². The van der Waals surface area contributed by atoms with Crippen LogP contribution in [0.4, 0.5) is 0 Å². The Morgan fingerprint density at radius 3 is 2.80 bits per heavy atom. The first-order chi connectivity index (χ1) is 6.81. The standard InChI is InChI=1S/C8H8ClN5.ClH/c9-7-1-2-8(6(3-7)4-10)14-5-11-12-13-14;/h1-3,5H,4,10H2;1H. The summed E-state index contributed by atoms with van der Waals surface area (Å²) in [7, 11) is 0. The van der Waals surface area contributed by atoms with Crippen molar-refractivity contribution in [2.75, 3.05) is 0 Å². The Morgan fingerprint density at radius 1 is 1.40 bits per heavy atom. The van der Waals surface area contributed by atoms with Gasteiger partial charge in [-0.3, -0.25) is 0 Å². The Morgan fingerprint density at radius 2 is 2.20 bits per heavy atom. The van der Waals surface area contributed by atoms with Crippen LogP contribution in [-0.4, -0.2) is 20.2 Å². The van der Waals surface area contributed by atoms with Gasteiger partial charge in [0.25, 0.3) is 0 Å². The van der Waals surface area contributed by atoms with Crippen LogP contribution in [0.2, 0.25) is 5.02 Å². The normalized spacial score (nSPS) is 9.73. The largest absolute Gasteiger partial charge is 0.326 e. The highest BCUT2D eigenvalue weighted by Gasteiger charge is 2.04. The Bertz CT molecular complexity index is 429. The van der Waals surface area contributed by atoms with E-state index in [4.69, 9.17) is 17.3 Å². The van der Waals surface area contributed by atoms with E-state index in [0.29, 0.717) is 11.6 Å². The molecular formula is C8H9Cl2N5. The summed E-state index contributed by atoms with van der Waals surface area (Å²) < 4.78 is 1.55. The second-order valence-electron chi connectivity index (χ2n) is 2.73. The molecule has 80 valence electrons. The number of rotatable bonds is 2. The molecule has 2 rings (SSSR count). The molecule has 0 spiro atoms. The first-order valence-corrected chi connectivity index (χ1v) is 4.41. The summed E-state index contributed by atoms with van der Waals surface area (Å²) in [4.78, 5) is 0. The van der Waals surface area contributed by atoms with Gasteiger partial charge in [0, 0.05) is 11.6 Å². The summed E-state index contributed by atoms with van der Waals surface area (Å²) >= 11 is 5.84. The van der Waals surface area contributed by atoms with Crippen molar-refractivity contribution in [3.63, 3.8) is 0 Å². The Kier molecular flexibility index (Phi) is 4.02. The van der Waals surface area contributed by atoms with Crippen molar-refractivity contribution in [2.45, 2.75) is 6.54 Å². The lowest BCUT2D eigenvalue weighted by Crippen LogP contribution is -2.05. The Hall–Kier alpha value is -1.17. The Balaban J connectivity index is 0.00000112. The first-order valence-electron chi connectivity index (χ1n) is 4.03. The van der Waals surface area contributed by atoms with Crippen LogP contribution in [0.5, 0.6) is 0 Å². The highest BCUT2D eigenvalue weighted by molar-refractivity contribution is 6.30. The lowest BCUT2D eigenvalue weighted by Gasteiger charge is -2.06. The van der Waals surface area contributed by atoms with E-state index in [-0.39, 0.29) is 12.4 Å². The van der Waals surface area contributed by atoms with Gasteiger partial charge >= 0.3 is 0 Å². The van der Waals surface area contributed by atoms with E-state index in [1.807, 2.05) is 6.07 Å². The first kappa shape index (κ1) is 11.9. The summed E-state index contributed by atoms with van der Waals surface area (Å²) in [5.41, 5.74) is 7.34. The fourth-order valence-corrected chi connectivity index (χ4v) is 1.41. The summed E-state index contributed by atoms with van der Waals surface area (Å²) in [6.45, 7) is 0.399. The van der Waals surface area contributed by atoms with Gasteiger partial charge in [-0.15, -0.1) is 17.5 Å². The molecule has 7 heteroatoms. The zero-order valence-electron chi connectivity index (χ0n) is 7.67.